The Kier molecular flexibility index (Phi) is 1.36. The molecule has 0 saturated carbocycles. The zero-order chi connectivity index (χ0) is 7.84. The van der Waals surface area contributed by atoms with E-state index in [9.17, 15) is 0 Å². The molecule has 0 aliphatic rings. The van der Waals surface area contributed by atoms with Crippen molar-refractivity contribution in [1.82, 2.24) is 9.61 Å². The fourth-order valence-electron chi connectivity index (χ4n) is 1.07. The van der Waals surface area contributed by atoms with E-state index in [1.807, 2.05) is 31.3 Å². The van der Waals surface area contributed by atoms with Gasteiger partial charge >= 0.3 is 0 Å². The number of halogens is 1. The Balaban J connectivity index is 2.82. The molecular formula is C8H7ClN2. The summed E-state index contributed by atoms with van der Waals surface area (Å²) in [5.41, 5.74) is 2.25. The summed E-state index contributed by atoms with van der Waals surface area (Å²) in [7, 11) is 0. The van der Waals surface area contributed by atoms with Crippen LogP contribution in [0.4, 0.5) is 0 Å². The van der Waals surface area contributed by atoms with Crippen molar-refractivity contribution in [2.45, 2.75) is 6.92 Å². The molecule has 0 spiro atoms. The van der Waals surface area contributed by atoms with Crippen molar-refractivity contribution in [2.24, 2.45) is 0 Å². The lowest BCUT2D eigenvalue weighted by atomic mass is 10.3. The van der Waals surface area contributed by atoms with Crippen molar-refractivity contribution >= 4 is 17.1 Å². The Hall–Kier alpha value is -1.02. The summed E-state index contributed by atoms with van der Waals surface area (Å²) in [5, 5.41) is 4.57. The van der Waals surface area contributed by atoms with Gasteiger partial charge in [-0.05, 0) is 24.6 Å². The summed E-state index contributed by atoms with van der Waals surface area (Å²) in [5.74, 6) is 0. The standard InChI is InChI=1S/C8H7ClN2/c1-6-2-3-11-7(4-6)5-8(9)10-11/h2-5H,1H3. The van der Waals surface area contributed by atoms with E-state index in [-0.39, 0.29) is 0 Å². The number of pyridine rings is 1. The molecule has 0 saturated heterocycles. The van der Waals surface area contributed by atoms with Gasteiger partial charge in [0.05, 0.1) is 5.52 Å². The van der Waals surface area contributed by atoms with E-state index >= 15 is 0 Å². The van der Waals surface area contributed by atoms with E-state index in [4.69, 9.17) is 11.6 Å². The third-order valence-electron chi connectivity index (χ3n) is 1.59. The molecule has 0 radical (unpaired) electrons. The summed E-state index contributed by atoms with van der Waals surface area (Å²) < 4.78 is 1.76. The second-order valence-electron chi connectivity index (χ2n) is 2.54. The van der Waals surface area contributed by atoms with Gasteiger partial charge in [-0.1, -0.05) is 11.6 Å². The molecule has 0 atom stereocenters. The molecular weight excluding hydrogens is 160 g/mol. The predicted octanol–water partition coefficient (Wildman–Crippen LogP) is 2.30. The third-order valence-corrected chi connectivity index (χ3v) is 1.77. The Labute approximate surface area is 69.4 Å². The first-order valence-corrected chi connectivity index (χ1v) is 3.75. The van der Waals surface area contributed by atoms with Crippen LogP contribution in [0.5, 0.6) is 0 Å². The molecule has 0 aliphatic heterocycles. The fourth-order valence-corrected chi connectivity index (χ4v) is 1.27. The summed E-state index contributed by atoms with van der Waals surface area (Å²) in [4.78, 5) is 0. The first-order chi connectivity index (χ1) is 5.25. The van der Waals surface area contributed by atoms with Crippen LogP contribution in [-0.4, -0.2) is 9.61 Å². The van der Waals surface area contributed by atoms with E-state index in [2.05, 4.69) is 5.10 Å². The smallest absolute Gasteiger partial charge is 0.152 e. The van der Waals surface area contributed by atoms with Crippen LogP contribution in [0.15, 0.2) is 24.4 Å². The van der Waals surface area contributed by atoms with Crippen LogP contribution in [0.3, 0.4) is 0 Å². The largest absolute Gasteiger partial charge is 0.239 e. The number of rotatable bonds is 0. The summed E-state index contributed by atoms with van der Waals surface area (Å²) in [6.07, 6.45) is 1.90. The Morgan fingerprint density at radius 1 is 1.45 bits per heavy atom. The van der Waals surface area contributed by atoms with E-state index in [0.717, 1.165) is 5.52 Å². The lowest BCUT2D eigenvalue weighted by Gasteiger charge is -1.92. The number of hydrogen-bond acceptors (Lipinski definition) is 1. The Bertz CT molecular complexity index is 392. The number of hydrogen-bond donors (Lipinski definition) is 0. The van der Waals surface area contributed by atoms with Crippen molar-refractivity contribution < 1.29 is 0 Å². The average molecular weight is 167 g/mol. The molecule has 0 bridgehead atoms. The minimum atomic E-state index is 0.538. The molecule has 2 rings (SSSR count). The molecule has 0 N–H and O–H groups in total. The van der Waals surface area contributed by atoms with E-state index in [1.54, 1.807) is 4.52 Å². The highest BCUT2D eigenvalue weighted by Gasteiger charge is 1.96. The molecule has 2 aromatic heterocycles. The second-order valence-corrected chi connectivity index (χ2v) is 2.93. The van der Waals surface area contributed by atoms with Crippen LogP contribution in [0.2, 0.25) is 5.15 Å². The molecule has 2 aromatic rings. The molecule has 3 heteroatoms. The van der Waals surface area contributed by atoms with Gasteiger partial charge in [-0.2, -0.15) is 5.10 Å². The summed E-state index contributed by atoms with van der Waals surface area (Å²) >= 11 is 5.70. The van der Waals surface area contributed by atoms with Gasteiger partial charge in [-0.25, -0.2) is 4.52 Å². The van der Waals surface area contributed by atoms with Gasteiger partial charge < -0.3 is 0 Å². The normalized spacial score (nSPS) is 10.7. The molecule has 0 aromatic carbocycles. The first kappa shape index (κ1) is 6.68. The van der Waals surface area contributed by atoms with Crippen molar-refractivity contribution in [3.63, 3.8) is 0 Å². The summed E-state index contributed by atoms with van der Waals surface area (Å²) in [6.45, 7) is 2.04. The van der Waals surface area contributed by atoms with Crippen LogP contribution in [0.25, 0.3) is 5.52 Å². The van der Waals surface area contributed by atoms with Crippen molar-refractivity contribution in [3.05, 3.63) is 35.1 Å². The molecule has 0 amide bonds. The van der Waals surface area contributed by atoms with Gasteiger partial charge in [-0.15, -0.1) is 0 Å². The van der Waals surface area contributed by atoms with Gasteiger partial charge in [0.2, 0.25) is 0 Å². The maximum absolute atomic E-state index is 5.70. The Morgan fingerprint density at radius 2 is 2.27 bits per heavy atom. The maximum atomic E-state index is 5.70. The average Bonchev–Trinajstić information content (AvgIpc) is 2.27. The highest BCUT2D eigenvalue weighted by molar-refractivity contribution is 6.29. The molecule has 11 heavy (non-hydrogen) atoms. The van der Waals surface area contributed by atoms with Crippen molar-refractivity contribution in [1.29, 1.82) is 0 Å². The van der Waals surface area contributed by atoms with Gasteiger partial charge in [0, 0.05) is 12.3 Å². The van der Waals surface area contributed by atoms with Crippen LogP contribution >= 0.6 is 11.6 Å². The minimum Gasteiger partial charge on any atom is -0.239 e. The van der Waals surface area contributed by atoms with Crippen LogP contribution < -0.4 is 0 Å². The lowest BCUT2D eigenvalue weighted by Crippen LogP contribution is -1.85. The molecule has 2 nitrogen and oxygen atoms in total. The molecule has 56 valence electrons. The molecule has 2 heterocycles. The molecule has 0 fully saturated rings. The maximum Gasteiger partial charge on any atom is 0.152 e. The van der Waals surface area contributed by atoms with Crippen LogP contribution in [0, 0.1) is 6.92 Å². The third kappa shape index (κ3) is 1.10. The number of aryl methyl sites for hydroxylation is 1. The SMILES string of the molecule is Cc1ccn2nc(Cl)cc2c1. The van der Waals surface area contributed by atoms with Crippen molar-refractivity contribution in [3.8, 4) is 0 Å². The quantitative estimate of drug-likeness (QED) is 0.587. The highest BCUT2D eigenvalue weighted by atomic mass is 35.5. The zero-order valence-electron chi connectivity index (χ0n) is 6.08. The topological polar surface area (TPSA) is 17.3 Å². The molecule has 0 aliphatic carbocycles. The van der Waals surface area contributed by atoms with Gasteiger partial charge in [0.25, 0.3) is 0 Å². The van der Waals surface area contributed by atoms with Crippen LogP contribution in [-0.2, 0) is 0 Å². The van der Waals surface area contributed by atoms with Gasteiger partial charge in [0.1, 0.15) is 0 Å². The fraction of sp³-hybridized carbons (Fsp3) is 0.125. The van der Waals surface area contributed by atoms with E-state index < -0.39 is 0 Å². The Morgan fingerprint density at radius 3 is 3.09 bits per heavy atom. The lowest BCUT2D eigenvalue weighted by molar-refractivity contribution is 0.958. The van der Waals surface area contributed by atoms with Crippen LogP contribution in [0.1, 0.15) is 5.56 Å². The van der Waals surface area contributed by atoms with Gasteiger partial charge in [0.15, 0.2) is 5.15 Å². The highest BCUT2D eigenvalue weighted by Crippen LogP contribution is 2.11. The summed E-state index contributed by atoms with van der Waals surface area (Å²) in [6, 6.07) is 5.88. The predicted molar refractivity (Wildman–Crippen MR) is 44.9 cm³/mol. The van der Waals surface area contributed by atoms with E-state index in [0.29, 0.717) is 5.15 Å². The van der Waals surface area contributed by atoms with Crippen molar-refractivity contribution in [2.75, 3.05) is 0 Å². The minimum absolute atomic E-state index is 0.538. The number of fused-ring (bicyclic) bond motifs is 1. The second kappa shape index (κ2) is 2.24. The number of nitrogens with zero attached hydrogens (tertiary/aromatic N) is 2. The molecule has 0 unspecified atom stereocenters. The number of aromatic nitrogens is 2. The first-order valence-electron chi connectivity index (χ1n) is 3.37. The van der Waals surface area contributed by atoms with Gasteiger partial charge in [-0.3, -0.25) is 0 Å². The zero-order valence-corrected chi connectivity index (χ0v) is 6.84. The van der Waals surface area contributed by atoms with E-state index in [1.165, 1.54) is 5.56 Å². The monoisotopic (exact) mass is 166 g/mol.